The number of nitrogens with one attached hydrogen (secondary N) is 3. The molecule has 4 rings (SSSR count). The minimum Gasteiger partial charge on any atom is -0.349 e. The minimum atomic E-state index is -4.38. The Labute approximate surface area is 180 Å². The van der Waals surface area contributed by atoms with Crippen molar-refractivity contribution in [1.82, 2.24) is 30.0 Å². The molecule has 0 unspecified atom stereocenters. The number of H-pyrrole nitrogens is 1. The van der Waals surface area contributed by atoms with Crippen LogP contribution in [0.2, 0.25) is 0 Å². The normalized spacial score (nSPS) is 14.2. The second-order valence-corrected chi connectivity index (χ2v) is 8.11. The number of hydrogen-bond acceptors (Lipinski definition) is 5. The fourth-order valence-corrected chi connectivity index (χ4v) is 3.40. The number of aromatic amines is 1. The molecule has 0 bridgehead atoms. The largest absolute Gasteiger partial charge is 0.405 e. The Morgan fingerprint density at radius 2 is 2.00 bits per heavy atom. The number of alkyl halides is 4. The van der Waals surface area contributed by atoms with Gasteiger partial charge in [0.05, 0.1) is 24.0 Å². The molecule has 3 aromatic heterocycles. The second-order valence-electron chi connectivity index (χ2n) is 8.11. The predicted octanol–water partition coefficient (Wildman–Crippen LogP) is 3.55. The Balaban J connectivity index is 1.59. The lowest BCUT2D eigenvalue weighted by atomic mass is 9.98. The molecule has 32 heavy (non-hydrogen) atoms. The molecule has 1 aliphatic rings. The highest BCUT2D eigenvalue weighted by molar-refractivity contribution is 6.01. The maximum absolute atomic E-state index is 13.7. The first-order valence-electron chi connectivity index (χ1n) is 9.89. The van der Waals surface area contributed by atoms with Gasteiger partial charge in [0.2, 0.25) is 5.95 Å². The molecule has 1 aliphatic heterocycles. The topological polar surface area (TPSA) is 101 Å². The molecule has 0 radical (unpaired) electrons. The number of amides is 1. The van der Waals surface area contributed by atoms with Crippen molar-refractivity contribution in [3.8, 4) is 0 Å². The average Bonchev–Trinajstić information content (AvgIpc) is 3.32. The Bertz CT molecular complexity index is 1190. The van der Waals surface area contributed by atoms with Crippen molar-refractivity contribution in [3.63, 3.8) is 0 Å². The van der Waals surface area contributed by atoms with Crippen LogP contribution in [-0.2, 0) is 6.54 Å². The molecule has 0 spiro atoms. The molecular formula is C20H21F4N7O. The summed E-state index contributed by atoms with van der Waals surface area (Å²) in [6.45, 7) is 1.93. The number of fused-ring (bicyclic) bond motifs is 2. The van der Waals surface area contributed by atoms with E-state index >= 15 is 0 Å². The van der Waals surface area contributed by atoms with Gasteiger partial charge >= 0.3 is 6.18 Å². The number of allylic oxidation sites excluding steroid dienone is 1. The first-order chi connectivity index (χ1) is 15.0. The summed E-state index contributed by atoms with van der Waals surface area (Å²) in [4.78, 5) is 23.6. The fourth-order valence-electron chi connectivity index (χ4n) is 3.40. The summed E-state index contributed by atoms with van der Waals surface area (Å²) in [7, 11) is 0. The SMILES string of the molecule is CC(C)(F)CNC(=O)c1cnn2c1C=C(c1c[nH]c3nc(NCC(F)(F)F)ncc13)CC2. The number of halogens is 4. The molecule has 0 fully saturated rings. The molecule has 3 aromatic rings. The molecule has 0 saturated heterocycles. The van der Waals surface area contributed by atoms with Crippen LogP contribution >= 0.6 is 0 Å². The molecule has 0 saturated carbocycles. The van der Waals surface area contributed by atoms with Crippen molar-refractivity contribution in [3.05, 3.63) is 35.4 Å². The van der Waals surface area contributed by atoms with E-state index in [4.69, 9.17) is 0 Å². The maximum atomic E-state index is 13.7. The third-order valence-corrected chi connectivity index (χ3v) is 4.92. The number of carbonyl (C=O) groups excluding carboxylic acids is 1. The van der Waals surface area contributed by atoms with Gasteiger partial charge in [-0.3, -0.25) is 9.48 Å². The first kappa shape index (κ1) is 21.8. The Morgan fingerprint density at radius 1 is 1.22 bits per heavy atom. The van der Waals surface area contributed by atoms with E-state index in [0.29, 0.717) is 35.3 Å². The summed E-state index contributed by atoms with van der Waals surface area (Å²) in [5, 5.41) is 9.61. The average molecular weight is 451 g/mol. The third-order valence-electron chi connectivity index (χ3n) is 4.92. The summed E-state index contributed by atoms with van der Waals surface area (Å²) in [5.41, 5.74) is 1.46. The van der Waals surface area contributed by atoms with E-state index < -0.39 is 24.3 Å². The highest BCUT2D eigenvalue weighted by atomic mass is 19.4. The molecule has 8 nitrogen and oxygen atoms in total. The number of carbonyl (C=O) groups is 1. The van der Waals surface area contributed by atoms with Crippen LogP contribution in [0.5, 0.6) is 0 Å². The molecule has 12 heteroatoms. The number of anilines is 1. The van der Waals surface area contributed by atoms with E-state index in [-0.39, 0.29) is 12.5 Å². The van der Waals surface area contributed by atoms with Crippen LogP contribution in [0, 0.1) is 0 Å². The standard InChI is InChI=1S/C20H21F4N7O/c1-19(2,21)9-27-17(32)14-8-29-31-4-3-11(5-15(14)31)12-6-25-16-13(12)7-26-18(30-16)28-10-20(22,23)24/h5-8H,3-4,9-10H2,1-2H3,(H,27,32)(H2,25,26,28,30). The van der Waals surface area contributed by atoms with Crippen LogP contribution in [-0.4, -0.2) is 55.6 Å². The lowest BCUT2D eigenvalue weighted by Gasteiger charge is -2.17. The van der Waals surface area contributed by atoms with E-state index in [1.54, 1.807) is 10.9 Å². The van der Waals surface area contributed by atoms with Crippen molar-refractivity contribution in [2.45, 2.75) is 38.7 Å². The van der Waals surface area contributed by atoms with E-state index in [9.17, 15) is 22.4 Å². The molecule has 3 N–H and O–H groups in total. The van der Waals surface area contributed by atoms with Gasteiger partial charge in [0, 0.05) is 29.9 Å². The van der Waals surface area contributed by atoms with Gasteiger partial charge in [-0.2, -0.15) is 23.3 Å². The Hall–Kier alpha value is -3.44. The van der Waals surface area contributed by atoms with Crippen LogP contribution < -0.4 is 10.6 Å². The van der Waals surface area contributed by atoms with Crippen LogP contribution in [0.1, 0.15) is 41.9 Å². The van der Waals surface area contributed by atoms with Gasteiger partial charge in [0.15, 0.2) is 0 Å². The van der Waals surface area contributed by atoms with Gasteiger partial charge in [0.25, 0.3) is 5.91 Å². The first-order valence-corrected chi connectivity index (χ1v) is 9.89. The zero-order valence-electron chi connectivity index (χ0n) is 17.3. The number of nitrogens with zero attached hydrogens (tertiary/aromatic N) is 4. The predicted molar refractivity (Wildman–Crippen MR) is 111 cm³/mol. The van der Waals surface area contributed by atoms with Crippen molar-refractivity contribution >= 4 is 34.5 Å². The summed E-state index contributed by atoms with van der Waals surface area (Å²) in [6.07, 6.45) is 2.68. The second kappa shape index (κ2) is 7.92. The molecular weight excluding hydrogens is 430 g/mol. The summed E-state index contributed by atoms with van der Waals surface area (Å²) < 4.78 is 52.7. The van der Waals surface area contributed by atoms with Crippen molar-refractivity contribution < 1.29 is 22.4 Å². The smallest absolute Gasteiger partial charge is 0.349 e. The third kappa shape index (κ3) is 4.73. The summed E-state index contributed by atoms with van der Waals surface area (Å²) >= 11 is 0. The number of hydrogen-bond donors (Lipinski definition) is 3. The summed E-state index contributed by atoms with van der Waals surface area (Å²) in [5.74, 6) is -0.550. The van der Waals surface area contributed by atoms with E-state index in [2.05, 4.69) is 30.7 Å². The minimum absolute atomic E-state index is 0.127. The molecule has 4 heterocycles. The quantitative estimate of drug-likeness (QED) is 0.498. The Kier molecular flexibility index (Phi) is 5.39. The van der Waals surface area contributed by atoms with Gasteiger partial charge in [-0.1, -0.05) is 0 Å². The van der Waals surface area contributed by atoms with E-state index in [1.165, 1.54) is 26.2 Å². The number of aryl methyl sites for hydroxylation is 1. The number of rotatable bonds is 6. The zero-order chi connectivity index (χ0) is 23.1. The highest BCUT2D eigenvalue weighted by Crippen LogP contribution is 2.32. The maximum Gasteiger partial charge on any atom is 0.405 e. The van der Waals surface area contributed by atoms with E-state index in [1.807, 2.05) is 6.08 Å². The molecule has 170 valence electrons. The van der Waals surface area contributed by atoms with Crippen LogP contribution in [0.25, 0.3) is 22.7 Å². The zero-order valence-corrected chi connectivity index (χ0v) is 17.3. The fraction of sp³-hybridized carbons (Fsp3) is 0.400. The molecule has 0 aliphatic carbocycles. The van der Waals surface area contributed by atoms with Crippen LogP contribution in [0.15, 0.2) is 18.6 Å². The molecule has 1 amide bonds. The number of aromatic nitrogens is 5. The van der Waals surface area contributed by atoms with Crippen molar-refractivity contribution in [2.75, 3.05) is 18.4 Å². The van der Waals surface area contributed by atoms with E-state index in [0.717, 1.165) is 11.1 Å². The Morgan fingerprint density at radius 3 is 2.72 bits per heavy atom. The molecule has 0 atom stereocenters. The van der Waals surface area contributed by atoms with Crippen LogP contribution in [0.3, 0.4) is 0 Å². The van der Waals surface area contributed by atoms with Gasteiger partial charge in [0.1, 0.15) is 17.9 Å². The van der Waals surface area contributed by atoms with Crippen molar-refractivity contribution in [1.29, 1.82) is 0 Å². The highest BCUT2D eigenvalue weighted by Gasteiger charge is 2.27. The lowest BCUT2D eigenvalue weighted by Crippen LogP contribution is -2.35. The van der Waals surface area contributed by atoms with Crippen LogP contribution in [0.4, 0.5) is 23.5 Å². The molecule has 0 aromatic carbocycles. The summed E-state index contributed by atoms with van der Waals surface area (Å²) in [6, 6.07) is 0. The van der Waals surface area contributed by atoms with Crippen molar-refractivity contribution in [2.24, 2.45) is 0 Å². The van der Waals surface area contributed by atoms with Gasteiger partial charge in [-0.25, -0.2) is 9.37 Å². The monoisotopic (exact) mass is 451 g/mol. The van der Waals surface area contributed by atoms with Gasteiger partial charge in [-0.15, -0.1) is 0 Å². The lowest BCUT2D eigenvalue weighted by molar-refractivity contribution is -0.115. The van der Waals surface area contributed by atoms with Gasteiger partial charge < -0.3 is 15.6 Å². The van der Waals surface area contributed by atoms with Gasteiger partial charge in [-0.05, 0) is 31.9 Å².